The highest BCUT2D eigenvalue weighted by molar-refractivity contribution is 7.80. The van der Waals surface area contributed by atoms with Gasteiger partial charge in [0.15, 0.2) is 5.11 Å². The van der Waals surface area contributed by atoms with Crippen molar-refractivity contribution in [2.45, 2.75) is 25.4 Å². The number of pyridine rings is 1. The van der Waals surface area contributed by atoms with Gasteiger partial charge in [-0.1, -0.05) is 36.4 Å². The van der Waals surface area contributed by atoms with Crippen LogP contribution in [0, 0.1) is 6.92 Å². The topological polar surface area (TPSA) is 71.4 Å². The van der Waals surface area contributed by atoms with E-state index in [0.29, 0.717) is 23.1 Å². The molecule has 0 aliphatic carbocycles. The van der Waals surface area contributed by atoms with Crippen LogP contribution in [0.5, 0.6) is 5.75 Å². The smallest absolute Gasteiger partial charge is 0.226 e. The van der Waals surface area contributed by atoms with Gasteiger partial charge in [0.05, 0.1) is 30.6 Å². The van der Waals surface area contributed by atoms with Gasteiger partial charge < -0.3 is 24.8 Å². The molecule has 5 rings (SSSR count). The molecule has 0 radical (unpaired) electrons. The molecule has 2 atom stereocenters. The van der Waals surface area contributed by atoms with E-state index in [9.17, 15) is 4.79 Å². The number of aryl methyl sites for hydroxylation is 1. The van der Waals surface area contributed by atoms with Gasteiger partial charge in [-0.25, -0.2) is 0 Å². The van der Waals surface area contributed by atoms with Gasteiger partial charge in [-0.15, -0.1) is 0 Å². The van der Waals surface area contributed by atoms with Crippen LogP contribution in [0.15, 0.2) is 91.1 Å². The van der Waals surface area contributed by atoms with Gasteiger partial charge >= 0.3 is 0 Å². The van der Waals surface area contributed by atoms with Gasteiger partial charge in [0.25, 0.3) is 0 Å². The fraction of sp³-hybridized carbons (Fsp3) is 0.207. The van der Waals surface area contributed by atoms with Crippen molar-refractivity contribution in [1.82, 2.24) is 19.8 Å². The minimum Gasteiger partial charge on any atom is -0.495 e. The van der Waals surface area contributed by atoms with Crippen LogP contribution in [0.25, 0.3) is 5.69 Å². The third-order valence-corrected chi connectivity index (χ3v) is 6.93. The molecule has 1 aliphatic rings. The van der Waals surface area contributed by atoms with E-state index in [1.54, 1.807) is 13.3 Å². The van der Waals surface area contributed by atoms with E-state index in [2.05, 4.69) is 56.3 Å². The number of ether oxygens (including phenoxy) is 1. The van der Waals surface area contributed by atoms with Crippen molar-refractivity contribution in [2.24, 2.45) is 0 Å². The molecule has 4 aromatic rings. The van der Waals surface area contributed by atoms with Gasteiger partial charge in [0, 0.05) is 36.2 Å². The van der Waals surface area contributed by atoms with Crippen molar-refractivity contribution < 1.29 is 9.53 Å². The average molecular weight is 512 g/mol. The highest BCUT2D eigenvalue weighted by Gasteiger charge is 2.41. The number of para-hydroxylation sites is 3. The quantitative estimate of drug-likeness (QED) is 0.317. The van der Waals surface area contributed by atoms with Crippen molar-refractivity contribution in [1.29, 1.82) is 0 Å². The maximum Gasteiger partial charge on any atom is 0.226 e. The fourth-order valence-electron chi connectivity index (χ4n) is 4.87. The van der Waals surface area contributed by atoms with Crippen molar-refractivity contribution in [3.05, 3.63) is 108 Å². The molecule has 1 amide bonds. The Labute approximate surface area is 222 Å². The Morgan fingerprint density at radius 1 is 1.03 bits per heavy atom. The predicted octanol–water partition coefficient (Wildman–Crippen LogP) is 5.19. The first-order chi connectivity index (χ1) is 18.1. The summed E-state index contributed by atoms with van der Waals surface area (Å²) in [5, 5.41) is 7.05. The average Bonchev–Trinajstić information content (AvgIpc) is 3.47. The van der Waals surface area contributed by atoms with Crippen LogP contribution in [-0.2, 0) is 4.79 Å². The number of aromatic nitrogens is 2. The predicted molar refractivity (Wildman–Crippen MR) is 149 cm³/mol. The number of benzene rings is 2. The summed E-state index contributed by atoms with van der Waals surface area (Å²) in [4.78, 5) is 19.7. The van der Waals surface area contributed by atoms with Crippen molar-refractivity contribution in [3.8, 4) is 11.4 Å². The lowest BCUT2D eigenvalue weighted by Gasteiger charge is -2.29. The summed E-state index contributed by atoms with van der Waals surface area (Å²) in [6, 6.07) is 27.5. The van der Waals surface area contributed by atoms with E-state index in [0.717, 1.165) is 22.8 Å². The van der Waals surface area contributed by atoms with E-state index in [4.69, 9.17) is 17.0 Å². The zero-order chi connectivity index (χ0) is 25.8. The van der Waals surface area contributed by atoms with Crippen LogP contribution in [0.3, 0.4) is 0 Å². The maximum absolute atomic E-state index is 13.0. The summed E-state index contributed by atoms with van der Waals surface area (Å²) in [5.74, 6) is 0.514. The molecule has 7 nitrogen and oxygen atoms in total. The second-order valence-corrected chi connectivity index (χ2v) is 9.28. The van der Waals surface area contributed by atoms with Gasteiger partial charge in [-0.05, 0) is 67.7 Å². The van der Waals surface area contributed by atoms with E-state index >= 15 is 0 Å². The minimum absolute atomic E-state index is 0.109. The summed E-state index contributed by atoms with van der Waals surface area (Å²) in [7, 11) is 1.59. The summed E-state index contributed by atoms with van der Waals surface area (Å²) in [5.41, 5.74) is 4.82. The number of thiocarbonyl (C=S) groups is 1. The second-order valence-electron chi connectivity index (χ2n) is 8.89. The van der Waals surface area contributed by atoms with Crippen molar-refractivity contribution in [3.63, 3.8) is 0 Å². The molecule has 3 heterocycles. The normalized spacial score (nSPS) is 16.9. The third kappa shape index (κ3) is 5.06. The number of anilines is 1. The standard InChI is InChI=1S/C29H29N5O2S/c1-20-15-16-24(34(20)21-10-4-3-5-11-21)28-27(23-13-8-9-18-30-23)32-29(37)33(28)19-17-26(35)31-22-12-6-7-14-25(22)36-2/h3-16,18,27-28H,17,19H2,1-2H3,(H,31,35)(H,32,37)/t27-,28-/m1/s1. The van der Waals surface area contributed by atoms with Crippen LogP contribution in [0.1, 0.15) is 35.6 Å². The molecule has 0 spiro atoms. The Hall–Kier alpha value is -4.17. The number of hydrogen-bond acceptors (Lipinski definition) is 4. The lowest BCUT2D eigenvalue weighted by molar-refractivity contribution is -0.116. The van der Waals surface area contributed by atoms with Crippen LogP contribution < -0.4 is 15.4 Å². The molecule has 37 heavy (non-hydrogen) atoms. The first-order valence-corrected chi connectivity index (χ1v) is 12.6. The number of hydrogen-bond donors (Lipinski definition) is 2. The Morgan fingerprint density at radius 3 is 2.54 bits per heavy atom. The molecule has 188 valence electrons. The van der Waals surface area contributed by atoms with Crippen LogP contribution in [0.4, 0.5) is 5.69 Å². The molecular weight excluding hydrogens is 482 g/mol. The molecule has 0 saturated carbocycles. The Balaban J connectivity index is 1.46. The molecule has 1 saturated heterocycles. The summed E-state index contributed by atoms with van der Waals surface area (Å²) < 4.78 is 7.62. The molecule has 0 unspecified atom stereocenters. The number of nitrogens with zero attached hydrogens (tertiary/aromatic N) is 3. The molecule has 2 aromatic carbocycles. The number of nitrogens with one attached hydrogen (secondary N) is 2. The monoisotopic (exact) mass is 511 g/mol. The molecule has 0 bridgehead atoms. The zero-order valence-electron chi connectivity index (χ0n) is 20.8. The van der Waals surface area contributed by atoms with E-state index in [1.165, 1.54) is 0 Å². The van der Waals surface area contributed by atoms with Gasteiger partial charge in [-0.3, -0.25) is 9.78 Å². The molecule has 1 aliphatic heterocycles. The van der Waals surface area contributed by atoms with Gasteiger partial charge in [0.2, 0.25) is 5.91 Å². The van der Waals surface area contributed by atoms with Crippen LogP contribution in [0.2, 0.25) is 0 Å². The SMILES string of the molecule is COc1ccccc1NC(=O)CCN1C(=S)N[C@H](c2ccccn2)[C@H]1c1ccc(C)n1-c1ccccc1. The first kappa shape index (κ1) is 24.5. The molecule has 1 fully saturated rings. The number of methoxy groups -OCH3 is 1. The third-order valence-electron chi connectivity index (χ3n) is 6.58. The molecule has 2 aromatic heterocycles. The minimum atomic E-state index is -0.164. The van der Waals surface area contributed by atoms with Crippen molar-refractivity contribution >= 4 is 28.9 Å². The highest BCUT2D eigenvalue weighted by Crippen LogP contribution is 2.40. The molecule has 2 N–H and O–H groups in total. The van der Waals surface area contributed by atoms with Gasteiger partial charge in [0.1, 0.15) is 5.75 Å². The zero-order valence-corrected chi connectivity index (χ0v) is 21.6. The summed E-state index contributed by atoms with van der Waals surface area (Å²) >= 11 is 5.81. The largest absolute Gasteiger partial charge is 0.495 e. The molecular formula is C29H29N5O2S. The second kappa shape index (κ2) is 10.8. The summed E-state index contributed by atoms with van der Waals surface area (Å²) in [6.45, 7) is 2.54. The highest BCUT2D eigenvalue weighted by atomic mass is 32.1. The lowest BCUT2D eigenvalue weighted by atomic mass is 10.0. The van der Waals surface area contributed by atoms with Crippen LogP contribution in [-0.4, -0.2) is 39.1 Å². The van der Waals surface area contributed by atoms with E-state index < -0.39 is 0 Å². The number of rotatable bonds is 8. The summed E-state index contributed by atoms with van der Waals surface area (Å²) in [6.07, 6.45) is 2.05. The number of carbonyl (C=O) groups is 1. The van der Waals surface area contributed by atoms with Gasteiger partial charge in [-0.2, -0.15) is 0 Å². The number of carbonyl (C=O) groups excluding carboxylic acids is 1. The first-order valence-electron chi connectivity index (χ1n) is 12.2. The van der Waals surface area contributed by atoms with Crippen LogP contribution >= 0.6 is 12.2 Å². The Morgan fingerprint density at radius 2 is 1.78 bits per heavy atom. The lowest BCUT2D eigenvalue weighted by Crippen LogP contribution is -2.33. The van der Waals surface area contributed by atoms with E-state index in [1.807, 2.05) is 60.7 Å². The molecule has 8 heteroatoms. The fourth-order valence-corrected chi connectivity index (χ4v) is 5.20. The van der Waals surface area contributed by atoms with Crippen molar-refractivity contribution in [2.75, 3.05) is 19.0 Å². The van der Waals surface area contributed by atoms with E-state index in [-0.39, 0.29) is 24.4 Å². The Kier molecular flexibility index (Phi) is 7.18. The maximum atomic E-state index is 13.0. The number of amides is 1. The Bertz CT molecular complexity index is 1390.